The van der Waals surface area contributed by atoms with E-state index in [0.29, 0.717) is 11.4 Å². The minimum atomic E-state index is -0.479. The Hall–Kier alpha value is -2.56. The quantitative estimate of drug-likeness (QED) is 0.906. The van der Waals surface area contributed by atoms with Gasteiger partial charge in [-0.25, -0.2) is 0 Å². The summed E-state index contributed by atoms with van der Waals surface area (Å²) in [6.45, 7) is 5.51. The van der Waals surface area contributed by atoms with Crippen LogP contribution in [-0.2, 0) is 4.79 Å². The van der Waals surface area contributed by atoms with Crippen molar-refractivity contribution in [3.63, 3.8) is 0 Å². The van der Waals surface area contributed by atoms with Crippen LogP contribution in [0.25, 0.3) is 0 Å². The molecule has 110 valence electrons. The Bertz CT molecular complexity index is 640. The van der Waals surface area contributed by atoms with E-state index in [9.17, 15) is 9.59 Å². The SMILES string of the molecule is CC(C)(C)C(=O)Nc1cccc(NC(=O)c2ccco2)c1. The van der Waals surface area contributed by atoms with Gasteiger partial charge in [0.2, 0.25) is 5.91 Å². The Kier molecular flexibility index (Phi) is 4.12. The maximum Gasteiger partial charge on any atom is 0.291 e. The van der Waals surface area contributed by atoms with Crippen molar-refractivity contribution in [1.29, 1.82) is 0 Å². The van der Waals surface area contributed by atoms with Gasteiger partial charge < -0.3 is 15.1 Å². The highest BCUT2D eigenvalue weighted by atomic mass is 16.3. The fraction of sp³-hybridized carbons (Fsp3) is 0.250. The van der Waals surface area contributed by atoms with Gasteiger partial charge in [0.1, 0.15) is 0 Å². The summed E-state index contributed by atoms with van der Waals surface area (Å²) in [5.41, 5.74) is 0.739. The number of anilines is 2. The van der Waals surface area contributed by atoms with E-state index in [0.717, 1.165) is 0 Å². The number of nitrogens with one attached hydrogen (secondary N) is 2. The first kappa shape index (κ1) is 14.8. The molecule has 0 saturated carbocycles. The molecule has 0 fully saturated rings. The molecule has 2 amide bonds. The first-order valence-corrected chi connectivity index (χ1v) is 6.62. The molecule has 0 bridgehead atoms. The molecule has 0 unspecified atom stereocenters. The zero-order valence-electron chi connectivity index (χ0n) is 12.3. The van der Waals surface area contributed by atoms with Crippen LogP contribution < -0.4 is 10.6 Å². The Labute approximate surface area is 123 Å². The van der Waals surface area contributed by atoms with Crippen molar-refractivity contribution < 1.29 is 14.0 Å². The van der Waals surface area contributed by atoms with Crippen molar-refractivity contribution >= 4 is 23.2 Å². The summed E-state index contributed by atoms with van der Waals surface area (Å²) in [5, 5.41) is 5.53. The number of carbonyl (C=O) groups excluding carboxylic acids is 2. The zero-order chi connectivity index (χ0) is 15.5. The van der Waals surface area contributed by atoms with Gasteiger partial charge in [-0.1, -0.05) is 26.8 Å². The molecule has 5 nitrogen and oxygen atoms in total. The maximum absolute atomic E-state index is 11.9. The summed E-state index contributed by atoms with van der Waals surface area (Å²) in [7, 11) is 0. The molecule has 0 saturated heterocycles. The molecular weight excluding hydrogens is 268 g/mol. The van der Waals surface area contributed by atoms with E-state index in [1.807, 2.05) is 20.8 Å². The summed E-state index contributed by atoms with van der Waals surface area (Å²) >= 11 is 0. The van der Waals surface area contributed by atoms with E-state index in [1.54, 1.807) is 36.4 Å². The lowest BCUT2D eigenvalue weighted by Crippen LogP contribution is -2.27. The number of rotatable bonds is 3. The Morgan fingerprint density at radius 3 is 2.24 bits per heavy atom. The minimum absolute atomic E-state index is 0.0861. The van der Waals surface area contributed by atoms with Crippen molar-refractivity contribution in [1.82, 2.24) is 0 Å². The molecule has 0 aliphatic heterocycles. The average Bonchev–Trinajstić information content (AvgIpc) is 2.91. The molecule has 2 N–H and O–H groups in total. The summed E-state index contributed by atoms with van der Waals surface area (Å²) in [5.74, 6) is -0.185. The average molecular weight is 286 g/mol. The Balaban J connectivity index is 2.08. The summed E-state index contributed by atoms with van der Waals surface area (Å²) in [4.78, 5) is 23.8. The number of hydrogen-bond acceptors (Lipinski definition) is 3. The van der Waals surface area contributed by atoms with Gasteiger partial charge in [-0.15, -0.1) is 0 Å². The monoisotopic (exact) mass is 286 g/mol. The van der Waals surface area contributed by atoms with Crippen LogP contribution in [0.4, 0.5) is 11.4 Å². The summed E-state index contributed by atoms with van der Waals surface area (Å²) in [6.07, 6.45) is 1.44. The molecule has 0 radical (unpaired) electrons. The van der Waals surface area contributed by atoms with Crippen LogP contribution in [0, 0.1) is 5.41 Å². The van der Waals surface area contributed by atoms with Crippen LogP contribution in [0.5, 0.6) is 0 Å². The summed E-state index contributed by atoms with van der Waals surface area (Å²) < 4.78 is 5.03. The second-order valence-corrected chi connectivity index (χ2v) is 5.72. The third-order valence-corrected chi connectivity index (χ3v) is 2.80. The van der Waals surface area contributed by atoms with Gasteiger partial charge in [-0.3, -0.25) is 9.59 Å². The largest absolute Gasteiger partial charge is 0.459 e. The molecular formula is C16H18N2O3. The van der Waals surface area contributed by atoms with E-state index < -0.39 is 5.41 Å². The van der Waals surface area contributed by atoms with Gasteiger partial charge in [0.25, 0.3) is 5.91 Å². The molecule has 0 spiro atoms. The lowest BCUT2D eigenvalue weighted by atomic mass is 9.95. The molecule has 1 aromatic heterocycles. The fourth-order valence-corrected chi connectivity index (χ4v) is 1.59. The summed E-state index contributed by atoms with van der Waals surface area (Å²) in [6, 6.07) is 10.2. The van der Waals surface area contributed by atoms with Crippen LogP contribution >= 0.6 is 0 Å². The molecule has 0 aliphatic rings. The van der Waals surface area contributed by atoms with Crippen molar-refractivity contribution in [2.24, 2.45) is 5.41 Å². The molecule has 1 aromatic carbocycles. The lowest BCUT2D eigenvalue weighted by Gasteiger charge is -2.18. The molecule has 2 rings (SSSR count). The molecule has 0 atom stereocenters. The standard InChI is InChI=1S/C16H18N2O3/c1-16(2,3)15(20)18-12-7-4-6-11(10-12)17-14(19)13-8-5-9-21-13/h4-10H,1-3H3,(H,17,19)(H,18,20). The van der Waals surface area contributed by atoms with Crippen molar-refractivity contribution in [2.75, 3.05) is 10.6 Å². The number of amides is 2. The van der Waals surface area contributed by atoms with Gasteiger partial charge in [-0.2, -0.15) is 0 Å². The second kappa shape index (κ2) is 5.83. The van der Waals surface area contributed by atoms with Crippen LogP contribution in [0.3, 0.4) is 0 Å². The number of benzene rings is 1. The minimum Gasteiger partial charge on any atom is -0.459 e. The zero-order valence-corrected chi connectivity index (χ0v) is 12.3. The molecule has 0 aliphatic carbocycles. The highest BCUT2D eigenvalue weighted by molar-refractivity contribution is 6.03. The van der Waals surface area contributed by atoms with Crippen LogP contribution in [0.1, 0.15) is 31.3 Å². The van der Waals surface area contributed by atoms with E-state index in [4.69, 9.17) is 4.42 Å². The molecule has 1 heterocycles. The van der Waals surface area contributed by atoms with Gasteiger partial charge >= 0.3 is 0 Å². The third kappa shape index (κ3) is 3.95. The van der Waals surface area contributed by atoms with Crippen LogP contribution in [0.15, 0.2) is 47.1 Å². The van der Waals surface area contributed by atoms with Crippen LogP contribution in [-0.4, -0.2) is 11.8 Å². The highest BCUT2D eigenvalue weighted by Crippen LogP contribution is 2.20. The second-order valence-electron chi connectivity index (χ2n) is 5.72. The van der Waals surface area contributed by atoms with Gasteiger partial charge in [0.05, 0.1) is 6.26 Å². The third-order valence-electron chi connectivity index (χ3n) is 2.80. The predicted molar refractivity (Wildman–Crippen MR) is 81.2 cm³/mol. The molecule has 2 aromatic rings. The number of furan rings is 1. The lowest BCUT2D eigenvalue weighted by molar-refractivity contribution is -0.123. The van der Waals surface area contributed by atoms with Gasteiger partial charge in [0, 0.05) is 16.8 Å². The highest BCUT2D eigenvalue weighted by Gasteiger charge is 2.21. The number of carbonyl (C=O) groups is 2. The van der Waals surface area contributed by atoms with Crippen molar-refractivity contribution in [3.05, 3.63) is 48.4 Å². The molecule has 21 heavy (non-hydrogen) atoms. The number of hydrogen-bond donors (Lipinski definition) is 2. The Morgan fingerprint density at radius 1 is 1.00 bits per heavy atom. The van der Waals surface area contributed by atoms with Crippen molar-refractivity contribution in [2.45, 2.75) is 20.8 Å². The van der Waals surface area contributed by atoms with E-state index in [-0.39, 0.29) is 17.6 Å². The topological polar surface area (TPSA) is 71.3 Å². The first-order valence-electron chi connectivity index (χ1n) is 6.62. The van der Waals surface area contributed by atoms with E-state index in [1.165, 1.54) is 6.26 Å². The van der Waals surface area contributed by atoms with Gasteiger partial charge in [0.15, 0.2) is 5.76 Å². The predicted octanol–water partition coefficient (Wildman–Crippen LogP) is 3.52. The smallest absolute Gasteiger partial charge is 0.291 e. The first-order chi connectivity index (χ1) is 9.86. The fourth-order valence-electron chi connectivity index (χ4n) is 1.59. The van der Waals surface area contributed by atoms with E-state index in [2.05, 4.69) is 10.6 Å². The normalized spacial score (nSPS) is 11.0. The maximum atomic E-state index is 11.9. The molecule has 5 heteroatoms. The Morgan fingerprint density at radius 2 is 1.67 bits per heavy atom. The van der Waals surface area contributed by atoms with Crippen molar-refractivity contribution in [3.8, 4) is 0 Å². The van der Waals surface area contributed by atoms with Crippen LogP contribution in [0.2, 0.25) is 0 Å². The van der Waals surface area contributed by atoms with Gasteiger partial charge in [-0.05, 0) is 30.3 Å². The van der Waals surface area contributed by atoms with E-state index >= 15 is 0 Å².